The number of rotatable bonds is 2. The molecule has 6 heteroatoms. The number of fused-ring (bicyclic) bond motifs is 1. The van der Waals surface area contributed by atoms with E-state index in [1.807, 2.05) is 24.3 Å². The molecule has 124 valence electrons. The number of halogens is 1. The normalized spacial score (nSPS) is 26.2. The Balaban J connectivity index is 1.83. The van der Waals surface area contributed by atoms with E-state index in [0.29, 0.717) is 10.2 Å². The molecule has 0 spiro atoms. The molecule has 1 aromatic rings. The molecule has 1 fully saturated rings. The molecule has 1 aromatic carbocycles. The van der Waals surface area contributed by atoms with Crippen LogP contribution in [0.4, 0.5) is 0 Å². The quantitative estimate of drug-likeness (QED) is 0.746. The van der Waals surface area contributed by atoms with Crippen LogP contribution in [0.5, 0.6) is 0 Å². The summed E-state index contributed by atoms with van der Waals surface area (Å²) in [7, 11) is 0. The van der Waals surface area contributed by atoms with Crippen molar-refractivity contribution >= 4 is 40.2 Å². The maximum absolute atomic E-state index is 12.9. The fraction of sp³-hybridized carbons (Fsp3) is 0.389. The Morgan fingerprint density at radius 3 is 2.67 bits per heavy atom. The number of Topliss-reactive ketones (excluding diaryl/α,β-unsaturated/α-hetero) is 1. The zero-order chi connectivity index (χ0) is 16.8. The predicted molar refractivity (Wildman–Crippen MR) is 96.0 cm³/mol. The van der Waals surface area contributed by atoms with Crippen LogP contribution in [0.1, 0.15) is 44.2 Å². The number of amides is 1. The van der Waals surface area contributed by atoms with Crippen molar-refractivity contribution in [3.8, 4) is 0 Å². The monoisotopic (exact) mass is 360 g/mol. The summed E-state index contributed by atoms with van der Waals surface area (Å²) in [5.41, 5.74) is 3.33. The second-order valence-electron chi connectivity index (χ2n) is 6.34. The van der Waals surface area contributed by atoms with Crippen molar-refractivity contribution in [2.45, 2.75) is 43.9 Å². The SMILES string of the molecule is CC(=O)C1SC2=NC3=C(CCCC3)C(c3ccc(Cl)cc3)N2C1=O. The van der Waals surface area contributed by atoms with Gasteiger partial charge in [-0.15, -0.1) is 0 Å². The molecule has 2 unspecified atom stereocenters. The highest BCUT2D eigenvalue weighted by Gasteiger charge is 2.48. The lowest BCUT2D eigenvalue weighted by Gasteiger charge is -2.36. The Hall–Kier alpha value is -1.59. The molecule has 0 aromatic heterocycles. The summed E-state index contributed by atoms with van der Waals surface area (Å²) in [6, 6.07) is 7.47. The van der Waals surface area contributed by atoms with Crippen molar-refractivity contribution in [2.75, 3.05) is 0 Å². The number of carbonyl (C=O) groups is 2. The number of allylic oxidation sites excluding steroid dienone is 1. The zero-order valence-corrected chi connectivity index (χ0v) is 14.9. The van der Waals surface area contributed by atoms with Gasteiger partial charge in [0.25, 0.3) is 5.91 Å². The molecule has 2 heterocycles. The van der Waals surface area contributed by atoms with Crippen molar-refractivity contribution < 1.29 is 9.59 Å². The van der Waals surface area contributed by atoms with Crippen molar-refractivity contribution in [1.82, 2.24) is 4.90 Å². The van der Waals surface area contributed by atoms with Crippen LogP contribution in [0.3, 0.4) is 0 Å². The summed E-state index contributed by atoms with van der Waals surface area (Å²) in [4.78, 5) is 31.2. The van der Waals surface area contributed by atoms with Crippen LogP contribution in [0.15, 0.2) is 40.5 Å². The highest BCUT2D eigenvalue weighted by atomic mass is 35.5. The minimum Gasteiger partial charge on any atom is -0.298 e. The average molecular weight is 361 g/mol. The minimum absolute atomic E-state index is 0.116. The molecule has 1 amide bonds. The summed E-state index contributed by atoms with van der Waals surface area (Å²) in [6.45, 7) is 1.47. The smallest absolute Gasteiger partial charge is 0.250 e. The minimum atomic E-state index is -0.667. The Kier molecular flexibility index (Phi) is 4.01. The van der Waals surface area contributed by atoms with Crippen molar-refractivity contribution in [1.29, 1.82) is 0 Å². The van der Waals surface area contributed by atoms with Crippen molar-refractivity contribution in [2.24, 2.45) is 4.99 Å². The maximum atomic E-state index is 12.9. The van der Waals surface area contributed by atoms with E-state index in [1.54, 1.807) is 4.90 Å². The van der Waals surface area contributed by atoms with Crippen molar-refractivity contribution in [3.63, 3.8) is 0 Å². The lowest BCUT2D eigenvalue weighted by Crippen LogP contribution is -2.40. The molecular formula is C18H17ClN2O2S. The third-order valence-corrected chi connectivity index (χ3v) is 6.27. The second kappa shape index (κ2) is 6.05. The molecule has 2 aliphatic heterocycles. The van der Waals surface area contributed by atoms with E-state index in [0.717, 1.165) is 36.9 Å². The van der Waals surface area contributed by atoms with Crippen LogP contribution in [0, 0.1) is 0 Å². The summed E-state index contributed by atoms with van der Waals surface area (Å²) in [5.74, 6) is -0.266. The second-order valence-corrected chi connectivity index (χ2v) is 7.85. The summed E-state index contributed by atoms with van der Waals surface area (Å²) in [5, 5.41) is 0.672. The lowest BCUT2D eigenvalue weighted by atomic mass is 9.86. The van der Waals surface area contributed by atoms with Gasteiger partial charge >= 0.3 is 0 Å². The first-order chi connectivity index (χ1) is 11.6. The first kappa shape index (κ1) is 15.9. The molecule has 2 atom stereocenters. The molecule has 1 aliphatic carbocycles. The molecule has 4 nitrogen and oxygen atoms in total. The zero-order valence-electron chi connectivity index (χ0n) is 13.3. The molecule has 0 N–H and O–H groups in total. The number of thioether (sulfide) groups is 1. The fourth-order valence-electron chi connectivity index (χ4n) is 3.61. The summed E-state index contributed by atoms with van der Waals surface area (Å²) >= 11 is 7.31. The number of aliphatic imine (C=N–C) groups is 1. The van der Waals surface area contributed by atoms with Gasteiger partial charge in [-0.1, -0.05) is 35.5 Å². The maximum Gasteiger partial charge on any atom is 0.250 e. The highest BCUT2D eigenvalue weighted by molar-refractivity contribution is 8.16. The number of carbonyl (C=O) groups excluding carboxylic acids is 2. The molecule has 0 radical (unpaired) electrons. The number of benzene rings is 1. The van der Waals surface area contributed by atoms with Gasteiger partial charge in [-0.25, -0.2) is 4.99 Å². The Morgan fingerprint density at radius 2 is 1.96 bits per heavy atom. The largest absolute Gasteiger partial charge is 0.298 e. The summed E-state index contributed by atoms with van der Waals surface area (Å²) in [6.07, 6.45) is 4.12. The topological polar surface area (TPSA) is 49.7 Å². The van der Waals surface area contributed by atoms with Crippen LogP contribution < -0.4 is 0 Å². The average Bonchev–Trinajstić information content (AvgIpc) is 2.90. The lowest BCUT2D eigenvalue weighted by molar-refractivity contribution is -0.131. The molecule has 1 saturated heterocycles. The molecule has 4 rings (SSSR count). The molecular weight excluding hydrogens is 344 g/mol. The number of nitrogens with zero attached hydrogens (tertiary/aromatic N) is 2. The first-order valence-electron chi connectivity index (χ1n) is 8.12. The van der Waals surface area contributed by atoms with E-state index in [1.165, 1.54) is 24.3 Å². The van der Waals surface area contributed by atoms with Gasteiger partial charge in [0.2, 0.25) is 0 Å². The molecule has 3 aliphatic rings. The van der Waals surface area contributed by atoms with Gasteiger partial charge in [-0.3, -0.25) is 14.5 Å². The van der Waals surface area contributed by atoms with Gasteiger partial charge in [0, 0.05) is 10.7 Å². The van der Waals surface area contributed by atoms with Crippen molar-refractivity contribution in [3.05, 3.63) is 46.1 Å². The van der Waals surface area contributed by atoms with Crippen LogP contribution in [-0.4, -0.2) is 27.0 Å². The van der Waals surface area contributed by atoms with Gasteiger partial charge in [0.1, 0.15) is 5.25 Å². The number of hydrogen-bond donors (Lipinski definition) is 0. The highest BCUT2D eigenvalue weighted by Crippen LogP contribution is 2.47. The van der Waals surface area contributed by atoms with Crippen LogP contribution in [-0.2, 0) is 9.59 Å². The Morgan fingerprint density at radius 1 is 1.25 bits per heavy atom. The third-order valence-electron chi connectivity index (χ3n) is 4.75. The Labute approximate surface area is 150 Å². The molecule has 0 bridgehead atoms. The van der Waals surface area contributed by atoms with E-state index in [4.69, 9.17) is 16.6 Å². The molecule has 0 saturated carbocycles. The number of amidine groups is 1. The van der Waals surface area contributed by atoms with Gasteiger partial charge in [0.05, 0.1) is 6.04 Å². The van der Waals surface area contributed by atoms with E-state index in [2.05, 4.69) is 0 Å². The van der Waals surface area contributed by atoms with E-state index in [-0.39, 0.29) is 17.7 Å². The number of hydrogen-bond acceptors (Lipinski definition) is 4. The van der Waals surface area contributed by atoms with Crippen LogP contribution in [0.25, 0.3) is 0 Å². The van der Waals surface area contributed by atoms with Crippen LogP contribution >= 0.6 is 23.4 Å². The molecule has 24 heavy (non-hydrogen) atoms. The Bertz CT molecular complexity index is 785. The van der Waals surface area contributed by atoms with Crippen LogP contribution in [0.2, 0.25) is 5.02 Å². The fourth-order valence-corrected chi connectivity index (χ4v) is 4.80. The van der Waals surface area contributed by atoms with Gasteiger partial charge in [-0.2, -0.15) is 0 Å². The third kappa shape index (κ3) is 2.50. The number of ketones is 1. The summed E-state index contributed by atoms with van der Waals surface area (Å²) < 4.78 is 0. The first-order valence-corrected chi connectivity index (χ1v) is 9.38. The van der Waals surface area contributed by atoms with Gasteiger partial charge < -0.3 is 0 Å². The van der Waals surface area contributed by atoms with E-state index >= 15 is 0 Å². The van der Waals surface area contributed by atoms with E-state index < -0.39 is 5.25 Å². The van der Waals surface area contributed by atoms with Gasteiger partial charge in [0.15, 0.2) is 11.0 Å². The van der Waals surface area contributed by atoms with E-state index in [9.17, 15) is 9.59 Å². The predicted octanol–water partition coefficient (Wildman–Crippen LogP) is 4.11. The standard InChI is InChI=1S/C18H17ClN2O2S/c1-10(22)16-17(23)21-15(11-6-8-12(19)9-7-11)13-4-2-3-5-14(13)20-18(21)24-16/h6-9,15-16H,2-5H2,1H3. The van der Waals surface area contributed by atoms with Gasteiger partial charge in [-0.05, 0) is 55.9 Å².